The average Bonchev–Trinajstić information content (AvgIpc) is 2.30. The topological polar surface area (TPSA) is 49.7 Å². The molecule has 0 aromatic heterocycles. The maximum absolute atomic E-state index is 9.70. The minimum absolute atomic E-state index is 0.600. The van der Waals surface area contributed by atoms with E-state index in [2.05, 4.69) is 4.89 Å². The van der Waals surface area contributed by atoms with Crippen LogP contribution in [0.15, 0.2) is 30.3 Å². The van der Waals surface area contributed by atoms with E-state index in [9.17, 15) is 5.11 Å². The highest BCUT2D eigenvalue weighted by Crippen LogP contribution is 2.30. The van der Waals surface area contributed by atoms with E-state index in [4.69, 9.17) is 16.9 Å². The van der Waals surface area contributed by atoms with E-state index in [0.717, 1.165) is 17.6 Å². The number of benzene rings is 1. The van der Waals surface area contributed by atoms with Crippen LogP contribution in [0.25, 0.3) is 5.57 Å². The molecule has 0 saturated carbocycles. The first-order chi connectivity index (χ1) is 7.72. The van der Waals surface area contributed by atoms with Crippen molar-refractivity contribution in [3.05, 3.63) is 40.9 Å². The summed E-state index contributed by atoms with van der Waals surface area (Å²) in [5, 5.41) is 19.2. The molecule has 86 valence electrons. The molecule has 1 unspecified atom stereocenters. The van der Waals surface area contributed by atoms with Crippen LogP contribution in [0.5, 0.6) is 0 Å². The summed E-state index contributed by atoms with van der Waals surface area (Å²) < 4.78 is 0. The third-order valence-corrected chi connectivity index (χ3v) is 3.03. The predicted molar refractivity (Wildman–Crippen MR) is 62.2 cm³/mol. The van der Waals surface area contributed by atoms with Gasteiger partial charge in [-0.3, -0.25) is 5.26 Å². The Labute approximate surface area is 98.9 Å². The van der Waals surface area contributed by atoms with Gasteiger partial charge in [0, 0.05) is 5.02 Å². The Hall–Kier alpha value is -0.870. The first-order valence-electron chi connectivity index (χ1n) is 5.16. The van der Waals surface area contributed by atoms with Crippen LogP contribution in [-0.2, 0) is 4.89 Å². The quantitative estimate of drug-likeness (QED) is 0.617. The van der Waals surface area contributed by atoms with Crippen molar-refractivity contribution < 1.29 is 15.3 Å². The first-order valence-corrected chi connectivity index (χ1v) is 5.54. The van der Waals surface area contributed by atoms with Crippen molar-refractivity contribution in [2.45, 2.75) is 25.0 Å². The molecule has 1 aromatic carbocycles. The van der Waals surface area contributed by atoms with Crippen LogP contribution in [0.1, 0.15) is 18.4 Å². The van der Waals surface area contributed by atoms with E-state index in [1.165, 1.54) is 0 Å². The van der Waals surface area contributed by atoms with Crippen molar-refractivity contribution in [3.8, 4) is 0 Å². The Morgan fingerprint density at radius 3 is 2.56 bits per heavy atom. The molecule has 2 rings (SSSR count). The summed E-state index contributed by atoms with van der Waals surface area (Å²) in [5.41, 5.74) is 1.71. The Bertz CT molecular complexity index is 386. The Morgan fingerprint density at radius 2 is 1.94 bits per heavy atom. The highest BCUT2D eigenvalue weighted by Gasteiger charge is 2.28. The van der Waals surface area contributed by atoms with E-state index >= 15 is 0 Å². The van der Waals surface area contributed by atoms with Gasteiger partial charge >= 0.3 is 0 Å². The van der Waals surface area contributed by atoms with E-state index in [0.29, 0.717) is 11.4 Å². The predicted octanol–water partition coefficient (Wildman–Crippen LogP) is 2.74. The van der Waals surface area contributed by atoms with E-state index in [-0.39, 0.29) is 0 Å². The summed E-state index contributed by atoms with van der Waals surface area (Å²) in [5.74, 6) is 0. The molecule has 0 radical (unpaired) electrons. The zero-order chi connectivity index (χ0) is 11.5. The van der Waals surface area contributed by atoms with Gasteiger partial charge < -0.3 is 5.11 Å². The van der Waals surface area contributed by atoms with Crippen molar-refractivity contribution >= 4 is 17.2 Å². The number of rotatable bonds is 2. The minimum Gasteiger partial charge on any atom is -0.390 e. The lowest BCUT2D eigenvalue weighted by Crippen LogP contribution is -2.31. The number of aliphatic hydroxyl groups excluding tert-OH is 1. The molecule has 4 heteroatoms. The SMILES string of the molecule is OOC1C(c2ccc(Cl)cc2)=CCC[C@@H]1O. The lowest BCUT2D eigenvalue weighted by atomic mass is 9.89. The second kappa shape index (κ2) is 4.97. The molecule has 1 aliphatic rings. The van der Waals surface area contributed by atoms with Gasteiger partial charge in [-0.25, -0.2) is 4.89 Å². The van der Waals surface area contributed by atoms with E-state index in [1.807, 2.05) is 18.2 Å². The first kappa shape index (κ1) is 11.6. The van der Waals surface area contributed by atoms with Crippen molar-refractivity contribution in [2.24, 2.45) is 0 Å². The molecule has 0 heterocycles. The van der Waals surface area contributed by atoms with Crippen LogP contribution in [0.2, 0.25) is 5.02 Å². The second-order valence-electron chi connectivity index (χ2n) is 3.84. The lowest BCUT2D eigenvalue weighted by molar-refractivity contribution is -0.280. The molecular weight excluding hydrogens is 228 g/mol. The van der Waals surface area contributed by atoms with E-state index in [1.54, 1.807) is 12.1 Å². The molecule has 0 amide bonds. The number of aliphatic hydroxyl groups is 1. The Balaban J connectivity index is 2.31. The highest BCUT2D eigenvalue weighted by atomic mass is 35.5. The fourth-order valence-electron chi connectivity index (χ4n) is 1.94. The van der Waals surface area contributed by atoms with Crippen molar-refractivity contribution in [1.29, 1.82) is 0 Å². The summed E-state index contributed by atoms with van der Waals surface area (Å²) in [6.07, 6.45) is 2.01. The number of halogens is 1. The van der Waals surface area contributed by atoms with E-state index < -0.39 is 12.2 Å². The highest BCUT2D eigenvalue weighted by molar-refractivity contribution is 6.30. The van der Waals surface area contributed by atoms with Gasteiger partial charge in [0.05, 0.1) is 6.10 Å². The standard InChI is InChI=1S/C12H13ClO3/c13-9-6-4-8(5-7-9)10-2-1-3-11(14)12(10)16-15/h2,4-7,11-12,14-15H,1,3H2/t11-,12?/m0/s1. The monoisotopic (exact) mass is 240 g/mol. The number of allylic oxidation sites excluding steroid dienone is 1. The Kier molecular flexibility index (Phi) is 3.61. The fourth-order valence-corrected chi connectivity index (χ4v) is 2.06. The molecule has 2 atom stereocenters. The van der Waals surface area contributed by atoms with Crippen LogP contribution < -0.4 is 0 Å². The van der Waals surface area contributed by atoms with Gasteiger partial charge in [0.2, 0.25) is 0 Å². The molecular formula is C12H13ClO3. The molecule has 1 aromatic rings. The zero-order valence-electron chi connectivity index (χ0n) is 8.64. The van der Waals surface area contributed by atoms with Gasteiger partial charge in [-0.2, -0.15) is 0 Å². The van der Waals surface area contributed by atoms with Gasteiger partial charge in [0.25, 0.3) is 0 Å². The lowest BCUT2D eigenvalue weighted by Gasteiger charge is -2.26. The van der Waals surface area contributed by atoms with Crippen LogP contribution in [0, 0.1) is 0 Å². The molecule has 0 fully saturated rings. The van der Waals surface area contributed by atoms with Crippen LogP contribution in [0.4, 0.5) is 0 Å². The van der Waals surface area contributed by atoms with Gasteiger partial charge in [0.1, 0.15) is 6.10 Å². The van der Waals surface area contributed by atoms with Crippen LogP contribution in [-0.4, -0.2) is 22.6 Å². The van der Waals surface area contributed by atoms with Gasteiger partial charge in [-0.1, -0.05) is 29.8 Å². The largest absolute Gasteiger partial charge is 0.390 e. The summed E-state index contributed by atoms with van der Waals surface area (Å²) in [6.45, 7) is 0. The summed E-state index contributed by atoms with van der Waals surface area (Å²) in [6, 6.07) is 7.23. The Morgan fingerprint density at radius 1 is 1.25 bits per heavy atom. The third-order valence-electron chi connectivity index (χ3n) is 2.77. The third kappa shape index (κ3) is 2.28. The van der Waals surface area contributed by atoms with Crippen molar-refractivity contribution in [2.75, 3.05) is 0 Å². The zero-order valence-corrected chi connectivity index (χ0v) is 9.39. The minimum atomic E-state index is -0.671. The summed E-state index contributed by atoms with van der Waals surface area (Å²) in [7, 11) is 0. The summed E-state index contributed by atoms with van der Waals surface area (Å²) in [4.78, 5) is 4.35. The molecule has 1 aliphatic carbocycles. The van der Waals surface area contributed by atoms with Gasteiger partial charge in [0.15, 0.2) is 0 Å². The normalized spacial score (nSPS) is 25.3. The fraction of sp³-hybridized carbons (Fsp3) is 0.333. The molecule has 3 nitrogen and oxygen atoms in total. The van der Waals surface area contributed by atoms with Crippen LogP contribution in [0.3, 0.4) is 0 Å². The molecule has 16 heavy (non-hydrogen) atoms. The van der Waals surface area contributed by atoms with Gasteiger partial charge in [-0.05, 0) is 36.1 Å². The molecule has 2 N–H and O–H groups in total. The number of hydrogen-bond donors (Lipinski definition) is 2. The van der Waals surface area contributed by atoms with Crippen molar-refractivity contribution in [1.82, 2.24) is 0 Å². The second-order valence-corrected chi connectivity index (χ2v) is 4.27. The average molecular weight is 241 g/mol. The molecule has 0 spiro atoms. The summed E-state index contributed by atoms with van der Waals surface area (Å²) >= 11 is 5.80. The molecule has 0 bridgehead atoms. The maximum Gasteiger partial charge on any atom is 0.144 e. The van der Waals surface area contributed by atoms with Gasteiger partial charge in [-0.15, -0.1) is 0 Å². The smallest absolute Gasteiger partial charge is 0.144 e. The number of hydrogen-bond acceptors (Lipinski definition) is 3. The molecule has 0 saturated heterocycles. The van der Waals surface area contributed by atoms with Crippen molar-refractivity contribution in [3.63, 3.8) is 0 Å². The molecule has 0 aliphatic heterocycles. The maximum atomic E-state index is 9.70. The van der Waals surface area contributed by atoms with Crippen LogP contribution >= 0.6 is 11.6 Å².